The van der Waals surface area contributed by atoms with Crippen LogP contribution in [0.25, 0.3) is 10.6 Å². The first-order valence-electron chi connectivity index (χ1n) is 6.20. The second-order valence-corrected chi connectivity index (χ2v) is 6.21. The van der Waals surface area contributed by atoms with Crippen molar-refractivity contribution in [1.82, 2.24) is 10.2 Å². The third-order valence-electron chi connectivity index (χ3n) is 2.93. The summed E-state index contributed by atoms with van der Waals surface area (Å²) in [4.78, 5) is 13.2. The molecule has 1 aromatic carbocycles. The lowest BCUT2D eigenvalue weighted by Crippen LogP contribution is -2.12. The van der Waals surface area contributed by atoms with Gasteiger partial charge in [0.2, 0.25) is 0 Å². The van der Waals surface area contributed by atoms with Crippen LogP contribution in [0.3, 0.4) is 0 Å². The predicted molar refractivity (Wildman–Crippen MR) is 90.7 cm³/mol. The largest absolute Gasteiger partial charge is 0.396 e. The van der Waals surface area contributed by atoms with Crippen molar-refractivity contribution in [3.8, 4) is 10.6 Å². The Balaban J connectivity index is 1.80. The van der Waals surface area contributed by atoms with Crippen LogP contribution < -0.4 is 11.1 Å². The van der Waals surface area contributed by atoms with Crippen molar-refractivity contribution in [2.24, 2.45) is 0 Å². The molecular weight excluding hydrogens is 343 g/mol. The number of anilines is 2. The number of carbonyl (C=O) groups excluding carboxylic acids is 1. The third kappa shape index (κ3) is 2.94. The van der Waals surface area contributed by atoms with Gasteiger partial charge in [0, 0.05) is 5.69 Å². The first kappa shape index (κ1) is 14.9. The molecule has 3 aromatic rings. The number of nitrogen functional groups attached to an aromatic ring is 1. The average Bonchev–Trinajstić information content (AvgIpc) is 3.15. The molecule has 0 atom stereocenters. The first-order chi connectivity index (χ1) is 10.5. The molecule has 0 saturated carbocycles. The van der Waals surface area contributed by atoms with Crippen LogP contribution in [0.4, 0.5) is 11.4 Å². The van der Waals surface area contributed by atoms with Gasteiger partial charge in [0.15, 0.2) is 5.69 Å². The van der Waals surface area contributed by atoms with Gasteiger partial charge in [-0.2, -0.15) is 5.10 Å². The highest BCUT2D eigenvalue weighted by atomic mass is 35.5. The number of amides is 1. The lowest BCUT2D eigenvalue weighted by Gasteiger charge is -2.07. The van der Waals surface area contributed by atoms with E-state index >= 15 is 0 Å². The van der Waals surface area contributed by atoms with Gasteiger partial charge in [0.1, 0.15) is 0 Å². The average molecular weight is 353 g/mol. The SMILES string of the molecule is Nc1c(Cl)cc(NC(=O)c2cc(-c3cccs3)[nH]n2)cc1Cl. The molecule has 5 nitrogen and oxygen atoms in total. The zero-order chi connectivity index (χ0) is 15.7. The highest BCUT2D eigenvalue weighted by molar-refractivity contribution is 7.13. The number of rotatable bonds is 3. The zero-order valence-corrected chi connectivity index (χ0v) is 13.4. The van der Waals surface area contributed by atoms with Crippen LogP contribution >= 0.6 is 34.5 Å². The number of halogens is 2. The fourth-order valence-electron chi connectivity index (χ4n) is 1.85. The molecule has 8 heteroatoms. The maximum absolute atomic E-state index is 12.2. The zero-order valence-electron chi connectivity index (χ0n) is 11.1. The normalized spacial score (nSPS) is 10.6. The highest BCUT2D eigenvalue weighted by Gasteiger charge is 2.13. The van der Waals surface area contributed by atoms with E-state index in [1.54, 1.807) is 17.4 Å². The molecule has 0 saturated heterocycles. The fourth-order valence-corrected chi connectivity index (χ4v) is 3.03. The lowest BCUT2D eigenvalue weighted by atomic mass is 10.2. The molecule has 1 amide bonds. The van der Waals surface area contributed by atoms with Crippen molar-refractivity contribution >= 4 is 51.8 Å². The minimum absolute atomic E-state index is 0.271. The number of aromatic amines is 1. The van der Waals surface area contributed by atoms with E-state index in [1.165, 1.54) is 12.1 Å². The van der Waals surface area contributed by atoms with Crippen LogP contribution in [0.1, 0.15) is 10.5 Å². The molecule has 0 aliphatic heterocycles. The molecule has 2 heterocycles. The number of nitrogens with one attached hydrogen (secondary N) is 2. The van der Waals surface area contributed by atoms with E-state index in [-0.39, 0.29) is 27.3 Å². The maximum Gasteiger partial charge on any atom is 0.276 e. The molecule has 0 radical (unpaired) electrons. The molecule has 0 aliphatic carbocycles. The topological polar surface area (TPSA) is 83.8 Å². The van der Waals surface area contributed by atoms with Gasteiger partial charge < -0.3 is 11.1 Å². The van der Waals surface area contributed by atoms with Gasteiger partial charge in [0.25, 0.3) is 5.91 Å². The molecular formula is C14H10Cl2N4OS. The summed E-state index contributed by atoms with van der Waals surface area (Å²) in [7, 11) is 0. The van der Waals surface area contributed by atoms with Crippen molar-refractivity contribution in [3.05, 3.63) is 51.5 Å². The number of hydrogen-bond donors (Lipinski definition) is 3. The second kappa shape index (κ2) is 6.00. The van der Waals surface area contributed by atoms with Crippen molar-refractivity contribution in [2.45, 2.75) is 0 Å². The summed E-state index contributed by atoms with van der Waals surface area (Å²) >= 11 is 13.4. The smallest absolute Gasteiger partial charge is 0.276 e. The van der Waals surface area contributed by atoms with Gasteiger partial charge in [0.05, 0.1) is 26.3 Å². The van der Waals surface area contributed by atoms with Gasteiger partial charge in [-0.3, -0.25) is 9.89 Å². The van der Waals surface area contributed by atoms with E-state index in [4.69, 9.17) is 28.9 Å². The summed E-state index contributed by atoms with van der Waals surface area (Å²) in [5.74, 6) is -0.365. The Kier molecular flexibility index (Phi) is 4.06. The summed E-state index contributed by atoms with van der Waals surface area (Å²) in [6, 6.07) is 8.63. The number of benzene rings is 1. The number of H-pyrrole nitrogens is 1. The van der Waals surface area contributed by atoms with Crippen LogP contribution in [-0.4, -0.2) is 16.1 Å². The molecule has 0 aliphatic rings. The summed E-state index contributed by atoms with van der Waals surface area (Å²) in [5.41, 5.74) is 7.45. The molecule has 112 valence electrons. The Morgan fingerprint density at radius 1 is 1.27 bits per heavy atom. The number of nitrogens with zero attached hydrogens (tertiary/aromatic N) is 1. The second-order valence-electron chi connectivity index (χ2n) is 4.45. The van der Waals surface area contributed by atoms with Crippen molar-refractivity contribution in [3.63, 3.8) is 0 Å². The number of nitrogens with two attached hydrogens (primary N) is 1. The van der Waals surface area contributed by atoms with Crippen LogP contribution in [0.15, 0.2) is 35.7 Å². The number of carbonyl (C=O) groups is 1. The summed E-state index contributed by atoms with van der Waals surface area (Å²) in [6.07, 6.45) is 0. The van der Waals surface area contributed by atoms with Crippen LogP contribution in [0, 0.1) is 0 Å². The third-order valence-corrected chi connectivity index (χ3v) is 4.46. The van der Waals surface area contributed by atoms with E-state index in [2.05, 4.69) is 15.5 Å². The van der Waals surface area contributed by atoms with Crippen LogP contribution in [-0.2, 0) is 0 Å². The predicted octanol–water partition coefficient (Wildman–Crippen LogP) is 4.28. The van der Waals surface area contributed by atoms with Gasteiger partial charge in [-0.25, -0.2) is 0 Å². The number of hydrogen-bond acceptors (Lipinski definition) is 4. The Bertz CT molecular complexity index is 806. The Labute approximate surface area is 140 Å². The summed E-state index contributed by atoms with van der Waals surface area (Å²) < 4.78 is 0. The Hall–Kier alpha value is -2.02. The van der Waals surface area contributed by atoms with Crippen LogP contribution in [0.5, 0.6) is 0 Å². The van der Waals surface area contributed by atoms with Gasteiger partial charge in [-0.15, -0.1) is 11.3 Å². The molecule has 0 unspecified atom stereocenters. The van der Waals surface area contributed by atoms with Gasteiger partial charge in [-0.1, -0.05) is 29.3 Å². The molecule has 4 N–H and O–H groups in total. The van der Waals surface area contributed by atoms with Crippen molar-refractivity contribution < 1.29 is 4.79 Å². The fraction of sp³-hybridized carbons (Fsp3) is 0. The van der Waals surface area contributed by atoms with Gasteiger partial charge >= 0.3 is 0 Å². The monoisotopic (exact) mass is 352 g/mol. The van der Waals surface area contributed by atoms with Crippen molar-refractivity contribution in [1.29, 1.82) is 0 Å². The molecule has 2 aromatic heterocycles. The van der Waals surface area contributed by atoms with E-state index in [1.807, 2.05) is 17.5 Å². The minimum atomic E-state index is -0.365. The summed E-state index contributed by atoms with van der Waals surface area (Å²) in [5, 5.41) is 12.0. The quantitative estimate of drug-likeness (QED) is 0.615. The Morgan fingerprint density at radius 3 is 2.64 bits per heavy atom. The molecule has 0 spiro atoms. The Morgan fingerprint density at radius 2 is 2.00 bits per heavy atom. The molecule has 3 rings (SSSR count). The maximum atomic E-state index is 12.2. The van der Waals surface area contributed by atoms with Gasteiger partial charge in [-0.05, 0) is 29.6 Å². The number of thiophene rings is 1. The standard InChI is InChI=1S/C14H10Cl2N4OS/c15-8-4-7(5-9(16)13(8)17)18-14(21)11-6-10(19-20-11)12-2-1-3-22-12/h1-6H,17H2,(H,18,21)(H,19,20). The molecule has 22 heavy (non-hydrogen) atoms. The van der Waals surface area contributed by atoms with Crippen LogP contribution in [0.2, 0.25) is 10.0 Å². The number of aromatic nitrogens is 2. The first-order valence-corrected chi connectivity index (χ1v) is 7.83. The molecule has 0 bridgehead atoms. The highest BCUT2D eigenvalue weighted by Crippen LogP contribution is 2.31. The van der Waals surface area contributed by atoms with E-state index in [0.29, 0.717) is 5.69 Å². The van der Waals surface area contributed by atoms with E-state index < -0.39 is 0 Å². The lowest BCUT2D eigenvalue weighted by molar-refractivity contribution is 0.102. The van der Waals surface area contributed by atoms with E-state index in [9.17, 15) is 4.79 Å². The summed E-state index contributed by atoms with van der Waals surface area (Å²) in [6.45, 7) is 0. The van der Waals surface area contributed by atoms with Crippen molar-refractivity contribution in [2.75, 3.05) is 11.1 Å². The minimum Gasteiger partial charge on any atom is -0.396 e. The molecule has 0 fully saturated rings. The van der Waals surface area contributed by atoms with E-state index in [0.717, 1.165) is 10.6 Å².